The Labute approximate surface area is 167 Å². The number of imidazole rings is 1. The molecule has 1 saturated heterocycles. The molecule has 3 heterocycles. The van der Waals surface area contributed by atoms with Crippen LogP contribution in [-0.2, 0) is 22.7 Å². The van der Waals surface area contributed by atoms with E-state index < -0.39 is 46.4 Å². The molecule has 18 heteroatoms. The molecule has 0 radical (unpaired) electrons. The van der Waals surface area contributed by atoms with Gasteiger partial charge in [0.2, 0.25) is 11.8 Å². The zero-order chi connectivity index (χ0) is 22.5. The second kappa shape index (κ2) is 7.75. The number of nitrogens with two attached hydrogens (primary N) is 1. The van der Waals surface area contributed by atoms with E-state index in [2.05, 4.69) is 23.8 Å². The number of rotatable bonds is 7. The molecule has 5 atom stereocenters. The lowest BCUT2D eigenvalue weighted by Crippen LogP contribution is -2.40. The Morgan fingerprint density at radius 1 is 1.37 bits per heavy atom. The molecule has 30 heavy (non-hydrogen) atoms. The van der Waals surface area contributed by atoms with Crippen molar-refractivity contribution < 1.29 is 51.6 Å². The molecule has 3 rings (SSSR count). The predicted molar refractivity (Wildman–Crippen MR) is 94.6 cm³/mol. The highest BCUT2D eigenvalue weighted by atomic mass is 31.3. The number of hydrogen-bond donors (Lipinski definition) is 5. The number of nitrogens with zero attached hydrogens (tertiary/aromatic N) is 4. The molecule has 1 aliphatic heterocycles. The first-order valence-electron chi connectivity index (χ1n) is 8.06. The Morgan fingerprint density at radius 2 is 2.03 bits per heavy atom. The largest absolute Gasteiger partial charge is 0.481 e. The topological polar surface area (TPSA) is 222 Å². The number of fused-ring (bicyclic) bond motifs is 1. The van der Waals surface area contributed by atoms with E-state index in [1.165, 1.54) is 7.11 Å². The minimum Gasteiger partial charge on any atom is -0.479 e. The van der Waals surface area contributed by atoms with Crippen molar-refractivity contribution in [3.63, 3.8) is 0 Å². The standard InChI is InChI=1S/C12H18FN5O10P2/c1-12(13)7(19)5(3-26-30(23,24)28-29(20,21)22)27-10(12)18-4-15-6-8(18)16-11(14)17-9(6)25-2/h4-5,7,10,19H,3H2,1-2H3,(H,23,24)(H2,14,16,17)(H2,20,21,22)/t5-,7-,10-,12-/m1/s1. The maximum Gasteiger partial charge on any atom is 0.481 e. The number of alkyl halides is 1. The summed E-state index contributed by atoms with van der Waals surface area (Å²) in [5, 5.41) is 10.3. The Morgan fingerprint density at radius 3 is 2.63 bits per heavy atom. The van der Waals surface area contributed by atoms with Gasteiger partial charge in [0.05, 0.1) is 20.0 Å². The van der Waals surface area contributed by atoms with Gasteiger partial charge in [0.25, 0.3) is 0 Å². The summed E-state index contributed by atoms with van der Waals surface area (Å²) in [5.41, 5.74) is 3.30. The van der Waals surface area contributed by atoms with Gasteiger partial charge in [-0.15, -0.1) is 0 Å². The van der Waals surface area contributed by atoms with Crippen molar-refractivity contribution in [1.29, 1.82) is 0 Å². The van der Waals surface area contributed by atoms with E-state index in [9.17, 15) is 19.1 Å². The summed E-state index contributed by atoms with van der Waals surface area (Å²) < 4.78 is 57.2. The number of nitrogen functional groups attached to an aromatic ring is 1. The second-order valence-corrected chi connectivity index (χ2v) is 9.20. The van der Waals surface area contributed by atoms with Crippen LogP contribution in [0.5, 0.6) is 5.88 Å². The van der Waals surface area contributed by atoms with Gasteiger partial charge in [0.1, 0.15) is 12.2 Å². The maximum absolute atomic E-state index is 15.3. The van der Waals surface area contributed by atoms with E-state index in [0.29, 0.717) is 0 Å². The van der Waals surface area contributed by atoms with Crippen LogP contribution in [-0.4, -0.2) is 70.9 Å². The van der Waals surface area contributed by atoms with Crippen LogP contribution in [0.3, 0.4) is 0 Å². The SMILES string of the molecule is COc1nc(N)nc2c1ncn2[C@@H]1O[C@H](COP(=O)(O)OP(=O)(O)O)[C@@H](O)[C@@]1(C)F. The van der Waals surface area contributed by atoms with Crippen LogP contribution in [0.2, 0.25) is 0 Å². The van der Waals surface area contributed by atoms with E-state index in [4.69, 9.17) is 25.0 Å². The van der Waals surface area contributed by atoms with Crippen LogP contribution in [0.15, 0.2) is 6.33 Å². The highest BCUT2D eigenvalue weighted by Gasteiger charge is 2.56. The van der Waals surface area contributed by atoms with Crippen LogP contribution in [0.1, 0.15) is 13.2 Å². The van der Waals surface area contributed by atoms with Crippen molar-refractivity contribution in [2.75, 3.05) is 19.5 Å². The average molecular weight is 473 g/mol. The number of phosphoric acid groups is 2. The van der Waals surface area contributed by atoms with Crippen molar-refractivity contribution in [3.05, 3.63) is 6.33 Å². The lowest BCUT2D eigenvalue weighted by Gasteiger charge is -2.24. The lowest BCUT2D eigenvalue weighted by atomic mass is 9.98. The summed E-state index contributed by atoms with van der Waals surface area (Å²) in [6.07, 6.45) is -3.79. The third kappa shape index (κ3) is 4.46. The summed E-state index contributed by atoms with van der Waals surface area (Å²) in [5.74, 6) is -0.179. The van der Waals surface area contributed by atoms with Gasteiger partial charge in [-0.25, -0.2) is 18.5 Å². The molecule has 0 aromatic carbocycles. The Kier molecular flexibility index (Phi) is 5.92. The van der Waals surface area contributed by atoms with Crippen molar-refractivity contribution in [3.8, 4) is 5.88 Å². The average Bonchev–Trinajstić information content (AvgIpc) is 3.10. The molecule has 0 aliphatic carbocycles. The van der Waals surface area contributed by atoms with E-state index in [1.54, 1.807) is 0 Å². The summed E-state index contributed by atoms with van der Waals surface area (Å²) in [4.78, 5) is 38.4. The van der Waals surface area contributed by atoms with Gasteiger partial charge in [0, 0.05) is 0 Å². The van der Waals surface area contributed by atoms with E-state index >= 15 is 4.39 Å². The van der Waals surface area contributed by atoms with E-state index in [-0.39, 0.29) is 23.0 Å². The maximum atomic E-state index is 15.3. The molecule has 0 amide bonds. The summed E-state index contributed by atoms with van der Waals surface area (Å²) in [6, 6.07) is 0. The van der Waals surface area contributed by atoms with Crippen molar-refractivity contribution in [1.82, 2.24) is 19.5 Å². The molecule has 6 N–H and O–H groups in total. The van der Waals surface area contributed by atoms with Gasteiger partial charge < -0.3 is 35.0 Å². The molecule has 15 nitrogen and oxygen atoms in total. The molecular weight excluding hydrogens is 455 g/mol. The number of aliphatic hydroxyl groups excluding tert-OH is 1. The molecule has 1 aliphatic rings. The van der Waals surface area contributed by atoms with Gasteiger partial charge in [-0.1, -0.05) is 0 Å². The summed E-state index contributed by atoms with van der Waals surface area (Å²) in [6.45, 7) is 0.0681. The molecule has 1 unspecified atom stereocenters. The van der Waals surface area contributed by atoms with Crippen molar-refractivity contribution in [2.45, 2.75) is 31.0 Å². The van der Waals surface area contributed by atoms with Gasteiger partial charge >= 0.3 is 15.6 Å². The van der Waals surface area contributed by atoms with Gasteiger partial charge in [-0.3, -0.25) is 9.09 Å². The second-order valence-electron chi connectivity index (χ2n) is 6.37. The lowest BCUT2D eigenvalue weighted by molar-refractivity contribution is -0.0560. The number of halogens is 1. The molecule has 2 aromatic rings. The third-order valence-electron chi connectivity index (χ3n) is 4.18. The highest BCUT2D eigenvalue weighted by Crippen LogP contribution is 2.58. The van der Waals surface area contributed by atoms with Crippen LogP contribution in [0, 0.1) is 0 Å². The zero-order valence-electron chi connectivity index (χ0n) is 15.4. The number of phosphoric ester groups is 1. The minimum atomic E-state index is -5.35. The first kappa shape index (κ1) is 22.9. The van der Waals surface area contributed by atoms with Gasteiger partial charge in [-0.2, -0.15) is 14.3 Å². The summed E-state index contributed by atoms with van der Waals surface area (Å²) in [7, 11) is -9.25. The molecule has 2 aromatic heterocycles. The van der Waals surface area contributed by atoms with Gasteiger partial charge in [0.15, 0.2) is 23.1 Å². The first-order chi connectivity index (χ1) is 13.7. The fourth-order valence-electron chi connectivity index (χ4n) is 2.90. The number of ether oxygens (including phenoxy) is 2. The first-order valence-corrected chi connectivity index (χ1v) is 11.1. The molecular formula is C12H18FN5O10P2. The number of aliphatic hydroxyl groups is 1. The van der Waals surface area contributed by atoms with Crippen LogP contribution >= 0.6 is 15.6 Å². The van der Waals surface area contributed by atoms with Crippen molar-refractivity contribution >= 4 is 32.8 Å². The number of methoxy groups -OCH3 is 1. The molecule has 0 spiro atoms. The fourth-order valence-corrected chi connectivity index (χ4v) is 4.50. The van der Waals surface area contributed by atoms with Crippen LogP contribution in [0.4, 0.5) is 10.3 Å². The Bertz CT molecular complexity index is 1040. The highest BCUT2D eigenvalue weighted by molar-refractivity contribution is 7.60. The van der Waals surface area contributed by atoms with Crippen LogP contribution < -0.4 is 10.5 Å². The molecule has 168 valence electrons. The number of anilines is 1. The molecule has 0 saturated carbocycles. The minimum absolute atomic E-state index is 0.0195. The predicted octanol–water partition coefficient (Wildman–Crippen LogP) is -0.370. The Hall–Kier alpha value is -1.74. The molecule has 0 bridgehead atoms. The van der Waals surface area contributed by atoms with E-state index in [1.807, 2.05) is 0 Å². The zero-order valence-corrected chi connectivity index (χ0v) is 17.2. The number of hydrogen-bond acceptors (Lipinski definition) is 11. The number of aromatic nitrogens is 4. The quantitative estimate of drug-likeness (QED) is 0.324. The van der Waals surface area contributed by atoms with Crippen molar-refractivity contribution in [2.24, 2.45) is 0 Å². The Balaban J connectivity index is 1.86. The molecule has 1 fully saturated rings. The normalized spacial score (nSPS) is 29.2. The smallest absolute Gasteiger partial charge is 0.479 e. The summed E-state index contributed by atoms with van der Waals surface area (Å²) >= 11 is 0. The van der Waals surface area contributed by atoms with Gasteiger partial charge in [-0.05, 0) is 6.92 Å². The third-order valence-corrected chi connectivity index (χ3v) is 6.33. The fraction of sp³-hybridized carbons (Fsp3) is 0.583. The monoisotopic (exact) mass is 473 g/mol. The van der Waals surface area contributed by atoms with E-state index in [0.717, 1.165) is 17.8 Å². The van der Waals surface area contributed by atoms with Crippen LogP contribution in [0.25, 0.3) is 11.2 Å².